The number of carbonyl (C=O) groups excluding carboxylic acids is 2. The summed E-state index contributed by atoms with van der Waals surface area (Å²) in [7, 11) is 6.72. The van der Waals surface area contributed by atoms with E-state index in [1.165, 1.54) is 0 Å². The number of hydrogen-bond donors (Lipinski definition) is 1. The molecule has 1 heterocycles. The highest BCUT2D eigenvalue weighted by Crippen LogP contribution is 2.27. The molecule has 3 rings (SSSR count). The van der Waals surface area contributed by atoms with Crippen LogP contribution in [0.2, 0.25) is 0 Å². The molecule has 0 bridgehead atoms. The Morgan fingerprint density at radius 2 is 1.48 bits per heavy atom. The number of piperidine rings is 1. The van der Waals surface area contributed by atoms with Crippen LogP contribution in [0.15, 0.2) is 48.5 Å². The van der Waals surface area contributed by atoms with Crippen LogP contribution in [0.5, 0.6) is 11.5 Å². The summed E-state index contributed by atoms with van der Waals surface area (Å²) in [6, 6.07) is 15.0. The fraction of sp³-hybridized carbons (Fsp3) is 0.417. The van der Waals surface area contributed by atoms with Crippen LogP contribution in [-0.2, 0) is 4.79 Å². The quantitative estimate of drug-likeness (QED) is 0.771. The first kappa shape index (κ1) is 22.5. The van der Waals surface area contributed by atoms with Crippen LogP contribution in [0.3, 0.4) is 0 Å². The topological polar surface area (TPSA) is 71.1 Å². The molecule has 1 aliphatic heterocycles. The molecule has 1 unspecified atom stereocenters. The highest BCUT2D eigenvalue weighted by Gasteiger charge is 2.30. The van der Waals surface area contributed by atoms with E-state index < -0.39 is 0 Å². The second-order valence-corrected chi connectivity index (χ2v) is 7.95. The van der Waals surface area contributed by atoms with Gasteiger partial charge in [-0.2, -0.15) is 0 Å². The summed E-state index contributed by atoms with van der Waals surface area (Å²) >= 11 is 0. The van der Waals surface area contributed by atoms with Crippen LogP contribution < -0.4 is 14.8 Å². The SMILES string of the molecule is COc1ccc(C(NC(=O)C2CCCN(C(=O)N(C)C)C2)c2ccc(OC)cc2)cc1. The zero-order valence-corrected chi connectivity index (χ0v) is 18.6. The van der Waals surface area contributed by atoms with Gasteiger partial charge in [-0.15, -0.1) is 0 Å². The molecule has 1 N–H and O–H groups in total. The van der Waals surface area contributed by atoms with Crippen LogP contribution in [0.1, 0.15) is 30.0 Å². The van der Waals surface area contributed by atoms with Gasteiger partial charge in [0.2, 0.25) is 5.91 Å². The third kappa shape index (κ3) is 5.48. The molecule has 3 amide bonds. The number of hydrogen-bond acceptors (Lipinski definition) is 4. The maximum Gasteiger partial charge on any atom is 0.319 e. The van der Waals surface area contributed by atoms with Gasteiger partial charge in [0.1, 0.15) is 11.5 Å². The van der Waals surface area contributed by atoms with Crippen molar-refractivity contribution in [2.75, 3.05) is 41.4 Å². The van der Waals surface area contributed by atoms with Gasteiger partial charge >= 0.3 is 6.03 Å². The van der Waals surface area contributed by atoms with Crippen molar-refractivity contribution in [1.82, 2.24) is 15.1 Å². The molecule has 0 aliphatic carbocycles. The molecule has 0 aromatic heterocycles. The summed E-state index contributed by atoms with van der Waals surface area (Å²) < 4.78 is 10.5. The van der Waals surface area contributed by atoms with Gasteiger partial charge in [-0.25, -0.2) is 4.79 Å². The van der Waals surface area contributed by atoms with Crippen molar-refractivity contribution in [3.05, 3.63) is 59.7 Å². The zero-order valence-electron chi connectivity index (χ0n) is 18.6. The Kier molecular flexibility index (Phi) is 7.39. The summed E-state index contributed by atoms with van der Waals surface area (Å²) in [5, 5.41) is 3.21. The van der Waals surface area contributed by atoms with Crippen molar-refractivity contribution in [3.8, 4) is 11.5 Å². The highest BCUT2D eigenvalue weighted by atomic mass is 16.5. The maximum absolute atomic E-state index is 13.2. The summed E-state index contributed by atoms with van der Waals surface area (Å²) in [5.41, 5.74) is 1.91. The van der Waals surface area contributed by atoms with E-state index in [4.69, 9.17) is 9.47 Å². The van der Waals surface area contributed by atoms with Gasteiger partial charge in [-0.05, 0) is 48.2 Å². The normalized spacial score (nSPS) is 16.0. The lowest BCUT2D eigenvalue weighted by Gasteiger charge is -2.34. The minimum atomic E-state index is -0.316. The standard InChI is InChI=1S/C24H31N3O4/c1-26(2)24(29)27-15-5-6-19(16-27)23(28)25-22(17-7-11-20(30-3)12-8-17)18-9-13-21(31-4)14-10-18/h7-14,19,22H,5-6,15-16H2,1-4H3,(H,25,28). The molecule has 7 heteroatoms. The van der Waals surface area contributed by atoms with Crippen LogP contribution >= 0.6 is 0 Å². The van der Waals surface area contributed by atoms with E-state index in [1.807, 2.05) is 48.5 Å². The number of urea groups is 1. The van der Waals surface area contributed by atoms with Gasteiger partial charge in [0, 0.05) is 27.2 Å². The van der Waals surface area contributed by atoms with E-state index in [9.17, 15) is 9.59 Å². The predicted octanol–water partition coefficient (Wildman–Crippen LogP) is 3.30. The fourth-order valence-corrected chi connectivity index (χ4v) is 3.86. The highest BCUT2D eigenvalue weighted by molar-refractivity contribution is 5.81. The van der Waals surface area contributed by atoms with E-state index in [-0.39, 0.29) is 23.9 Å². The Labute approximate surface area is 183 Å². The van der Waals surface area contributed by atoms with Crippen LogP contribution in [0.25, 0.3) is 0 Å². The van der Waals surface area contributed by atoms with E-state index in [1.54, 1.807) is 38.1 Å². The molecule has 1 aliphatic rings. The first-order valence-corrected chi connectivity index (χ1v) is 10.5. The number of methoxy groups -OCH3 is 2. The van der Waals surface area contributed by atoms with Gasteiger partial charge in [0.15, 0.2) is 0 Å². The lowest BCUT2D eigenvalue weighted by Crippen LogP contribution is -2.49. The van der Waals surface area contributed by atoms with E-state index in [0.717, 1.165) is 35.5 Å². The number of nitrogens with zero attached hydrogens (tertiary/aromatic N) is 2. The minimum Gasteiger partial charge on any atom is -0.497 e. The lowest BCUT2D eigenvalue weighted by molar-refractivity contribution is -0.126. The van der Waals surface area contributed by atoms with E-state index in [0.29, 0.717) is 13.1 Å². The van der Waals surface area contributed by atoms with E-state index in [2.05, 4.69) is 5.32 Å². The van der Waals surface area contributed by atoms with Gasteiger partial charge in [-0.1, -0.05) is 24.3 Å². The summed E-state index contributed by atoms with van der Waals surface area (Å²) in [6.45, 7) is 1.11. The predicted molar refractivity (Wildman–Crippen MR) is 119 cm³/mol. The molecule has 0 saturated carbocycles. The van der Waals surface area contributed by atoms with Gasteiger partial charge in [0.25, 0.3) is 0 Å². The fourth-order valence-electron chi connectivity index (χ4n) is 3.86. The average molecular weight is 426 g/mol. The Hall–Kier alpha value is -3.22. The molecule has 1 saturated heterocycles. The molecule has 0 radical (unpaired) electrons. The summed E-state index contributed by atoms with van der Waals surface area (Å²) in [4.78, 5) is 28.9. The Morgan fingerprint density at radius 3 is 1.94 bits per heavy atom. The second-order valence-electron chi connectivity index (χ2n) is 7.95. The van der Waals surface area contributed by atoms with Gasteiger partial charge in [-0.3, -0.25) is 4.79 Å². The third-order valence-electron chi connectivity index (χ3n) is 5.63. The maximum atomic E-state index is 13.2. The second kappa shape index (κ2) is 10.2. The molecule has 0 spiro atoms. The lowest BCUT2D eigenvalue weighted by atomic mass is 9.94. The first-order chi connectivity index (χ1) is 14.9. The van der Waals surface area contributed by atoms with Crippen LogP contribution in [0.4, 0.5) is 4.79 Å². The summed E-state index contributed by atoms with van der Waals surface area (Å²) in [6.07, 6.45) is 1.58. The number of carbonyl (C=O) groups is 2. The number of ether oxygens (including phenoxy) is 2. The molecular formula is C24H31N3O4. The minimum absolute atomic E-state index is 0.0482. The first-order valence-electron chi connectivity index (χ1n) is 10.5. The Morgan fingerprint density at radius 1 is 0.968 bits per heavy atom. The van der Waals surface area contributed by atoms with Crippen molar-refractivity contribution in [1.29, 1.82) is 0 Å². The van der Waals surface area contributed by atoms with Crippen molar-refractivity contribution in [2.45, 2.75) is 18.9 Å². The molecule has 2 aromatic carbocycles. The van der Waals surface area contributed by atoms with Crippen molar-refractivity contribution < 1.29 is 19.1 Å². The van der Waals surface area contributed by atoms with Crippen molar-refractivity contribution in [2.24, 2.45) is 5.92 Å². The number of rotatable bonds is 6. The smallest absolute Gasteiger partial charge is 0.319 e. The number of nitrogens with one attached hydrogen (secondary N) is 1. The molecule has 7 nitrogen and oxygen atoms in total. The van der Waals surface area contributed by atoms with Crippen LogP contribution in [-0.4, -0.2) is 63.1 Å². The molecule has 31 heavy (non-hydrogen) atoms. The zero-order chi connectivity index (χ0) is 22.4. The number of amides is 3. The van der Waals surface area contributed by atoms with Crippen molar-refractivity contribution in [3.63, 3.8) is 0 Å². The Balaban J connectivity index is 1.81. The van der Waals surface area contributed by atoms with Crippen molar-refractivity contribution >= 4 is 11.9 Å². The molecule has 2 aromatic rings. The van der Waals surface area contributed by atoms with Crippen LogP contribution in [0, 0.1) is 5.92 Å². The van der Waals surface area contributed by atoms with Gasteiger partial charge in [0.05, 0.1) is 26.2 Å². The molecule has 1 atom stereocenters. The summed E-state index contributed by atoms with van der Waals surface area (Å²) in [5.74, 6) is 1.23. The van der Waals surface area contributed by atoms with E-state index >= 15 is 0 Å². The van der Waals surface area contributed by atoms with Gasteiger partial charge < -0.3 is 24.6 Å². The molecular weight excluding hydrogens is 394 g/mol. The largest absolute Gasteiger partial charge is 0.497 e. The Bertz CT molecular complexity index is 833. The molecule has 166 valence electrons. The monoisotopic (exact) mass is 425 g/mol. The average Bonchev–Trinajstić information content (AvgIpc) is 2.82. The molecule has 1 fully saturated rings. The number of likely N-dealkylation sites (tertiary alicyclic amines) is 1. The third-order valence-corrected chi connectivity index (χ3v) is 5.63. The number of benzene rings is 2.